The van der Waals surface area contributed by atoms with Crippen molar-refractivity contribution in [1.29, 1.82) is 0 Å². The molecule has 1 aromatic heterocycles. The Hall–Kier alpha value is -5.61. The second-order valence-corrected chi connectivity index (χ2v) is 9.81. The van der Waals surface area contributed by atoms with Crippen LogP contribution in [0.3, 0.4) is 0 Å². The minimum atomic E-state index is -0.0451. The fourth-order valence-corrected chi connectivity index (χ4v) is 5.31. The number of fused-ring (bicyclic) bond motifs is 2. The molecule has 0 aliphatic heterocycles. The van der Waals surface area contributed by atoms with Gasteiger partial charge >= 0.3 is 0 Å². The van der Waals surface area contributed by atoms with Gasteiger partial charge in [-0.25, -0.2) is 0 Å². The zero-order valence-electron chi connectivity index (χ0n) is 22.2. The molecule has 1 heterocycles. The average Bonchev–Trinajstić information content (AvgIpc) is 3.03. The van der Waals surface area contributed by atoms with E-state index < -0.39 is 0 Å². The summed E-state index contributed by atoms with van der Waals surface area (Å²) in [7, 11) is 0. The lowest BCUT2D eigenvalue weighted by Crippen LogP contribution is -2.11. The molecular weight excluding hydrogens is 504 g/mol. The molecule has 0 amide bonds. The van der Waals surface area contributed by atoms with Gasteiger partial charge in [-0.3, -0.25) is 4.79 Å². The summed E-state index contributed by atoms with van der Waals surface area (Å²) in [5, 5.41) is 1.11. The molecule has 6 aromatic carbocycles. The van der Waals surface area contributed by atoms with E-state index in [2.05, 4.69) is 58.3 Å². The Kier molecular flexibility index (Phi) is 6.26. The Bertz CT molecular complexity index is 1780. The Labute approximate surface area is 238 Å². The molecule has 0 radical (unpaired) electrons. The van der Waals surface area contributed by atoms with Crippen LogP contribution >= 0.6 is 0 Å². The highest BCUT2D eigenvalue weighted by Gasteiger charge is 2.17. The third kappa shape index (κ3) is 4.62. The van der Waals surface area contributed by atoms with Crippen LogP contribution in [0.25, 0.3) is 21.9 Å². The molecule has 0 bridgehead atoms. The van der Waals surface area contributed by atoms with Crippen LogP contribution in [0.1, 0.15) is 0 Å². The maximum atomic E-state index is 13.6. The van der Waals surface area contributed by atoms with Gasteiger partial charge in [0.2, 0.25) is 5.43 Å². The van der Waals surface area contributed by atoms with Crippen LogP contribution in [0.5, 0.6) is 0 Å². The summed E-state index contributed by atoms with van der Waals surface area (Å²) in [6, 6.07) is 52.3. The van der Waals surface area contributed by atoms with E-state index in [1.54, 1.807) is 0 Å². The number of hydrogen-bond donors (Lipinski definition) is 0. The predicted octanol–water partition coefficient (Wildman–Crippen LogP) is 9.89. The topological polar surface area (TPSA) is 36.7 Å². The molecule has 4 heteroatoms. The summed E-state index contributed by atoms with van der Waals surface area (Å²) in [4.78, 5) is 18.0. The molecule has 0 fully saturated rings. The summed E-state index contributed by atoms with van der Waals surface area (Å²) in [5.74, 6) is 0. The van der Waals surface area contributed by atoms with Crippen molar-refractivity contribution >= 4 is 56.1 Å². The van der Waals surface area contributed by atoms with Crippen LogP contribution in [-0.4, -0.2) is 0 Å². The van der Waals surface area contributed by atoms with Crippen molar-refractivity contribution in [2.24, 2.45) is 0 Å². The van der Waals surface area contributed by atoms with Crippen LogP contribution in [0.4, 0.5) is 34.1 Å². The van der Waals surface area contributed by atoms with Gasteiger partial charge in [-0.15, -0.1) is 0 Å². The van der Waals surface area contributed by atoms with Crippen LogP contribution in [0, 0.1) is 0 Å². The molecule has 0 aliphatic rings. The number of rotatable bonds is 6. The maximum absolute atomic E-state index is 13.6. The summed E-state index contributed by atoms with van der Waals surface area (Å²) < 4.78 is 6.50. The minimum absolute atomic E-state index is 0.0451. The first-order valence-electron chi connectivity index (χ1n) is 13.6. The zero-order chi connectivity index (χ0) is 27.6. The summed E-state index contributed by atoms with van der Waals surface area (Å²) in [6.07, 6.45) is 0. The van der Waals surface area contributed by atoms with E-state index in [4.69, 9.17) is 4.42 Å². The van der Waals surface area contributed by atoms with Crippen molar-refractivity contribution in [3.8, 4) is 0 Å². The lowest BCUT2D eigenvalue weighted by atomic mass is 10.1. The molecule has 4 nitrogen and oxygen atoms in total. The summed E-state index contributed by atoms with van der Waals surface area (Å²) in [6.45, 7) is 0. The second kappa shape index (κ2) is 10.5. The number of para-hydroxylation sites is 4. The van der Waals surface area contributed by atoms with E-state index >= 15 is 0 Å². The number of benzene rings is 6. The lowest BCUT2D eigenvalue weighted by Gasteiger charge is -2.26. The fraction of sp³-hybridized carbons (Fsp3) is 0. The molecule has 0 atom stereocenters. The SMILES string of the molecule is O=c1c2ccc(N(c3ccccc3)c3ccccc3)cc2oc2cc(N(c3ccccc3)c3ccccc3)ccc12. The van der Waals surface area contributed by atoms with Gasteiger partial charge in [-0.05, 0) is 72.8 Å². The van der Waals surface area contributed by atoms with Crippen molar-refractivity contribution < 1.29 is 4.42 Å². The van der Waals surface area contributed by atoms with Gasteiger partial charge in [0.1, 0.15) is 11.2 Å². The van der Waals surface area contributed by atoms with Crippen molar-refractivity contribution in [2.75, 3.05) is 9.80 Å². The van der Waals surface area contributed by atoms with Gasteiger partial charge in [0.25, 0.3) is 0 Å². The molecule has 0 N–H and O–H groups in total. The highest BCUT2D eigenvalue weighted by Crippen LogP contribution is 2.38. The Morgan fingerprint density at radius 3 is 1.00 bits per heavy atom. The van der Waals surface area contributed by atoms with Crippen LogP contribution in [-0.2, 0) is 0 Å². The number of hydrogen-bond acceptors (Lipinski definition) is 4. The highest BCUT2D eigenvalue weighted by atomic mass is 16.3. The maximum Gasteiger partial charge on any atom is 0.200 e. The third-order valence-corrected chi connectivity index (χ3v) is 7.21. The van der Waals surface area contributed by atoms with E-state index in [-0.39, 0.29) is 5.43 Å². The van der Waals surface area contributed by atoms with Gasteiger partial charge < -0.3 is 14.2 Å². The Morgan fingerprint density at radius 1 is 0.366 bits per heavy atom. The van der Waals surface area contributed by atoms with Gasteiger partial charge in [-0.2, -0.15) is 0 Å². The first kappa shape index (κ1) is 24.4. The quantitative estimate of drug-likeness (QED) is 0.201. The van der Waals surface area contributed by atoms with Crippen LogP contribution < -0.4 is 15.2 Å². The summed E-state index contributed by atoms with van der Waals surface area (Å²) >= 11 is 0. The van der Waals surface area contributed by atoms with Crippen LogP contribution in [0.2, 0.25) is 0 Å². The molecule has 0 aliphatic carbocycles. The van der Waals surface area contributed by atoms with Gasteiger partial charge in [-0.1, -0.05) is 72.8 Å². The van der Waals surface area contributed by atoms with Crippen molar-refractivity contribution in [3.05, 3.63) is 168 Å². The monoisotopic (exact) mass is 530 g/mol. The first-order valence-corrected chi connectivity index (χ1v) is 13.6. The number of nitrogens with zero attached hydrogens (tertiary/aromatic N) is 2. The second-order valence-electron chi connectivity index (χ2n) is 9.81. The van der Waals surface area contributed by atoms with E-state index in [9.17, 15) is 4.79 Å². The van der Waals surface area contributed by atoms with Gasteiger partial charge in [0.15, 0.2) is 0 Å². The van der Waals surface area contributed by atoms with E-state index in [0.717, 1.165) is 34.1 Å². The normalized spacial score (nSPS) is 11.0. The van der Waals surface area contributed by atoms with Crippen molar-refractivity contribution in [3.63, 3.8) is 0 Å². The predicted molar refractivity (Wildman–Crippen MR) is 169 cm³/mol. The number of anilines is 6. The molecule has 7 rings (SSSR count). The van der Waals surface area contributed by atoms with Crippen molar-refractivity contribution in [1.82, 2.24) is 0 Å². The molecule has 0 unspecified atom stereocenters. The zero-order valence-corrected chi connectivity index (χ0v) is 22.2. The average molecular weight is 531 g/mol. The molecule has 0 spiro atoms. The highest BCUT2D eigenvalue weighted by molar-refractivity contribution is 5.94. The smallest absolute Gasteiger partial charge is 0.200 e. The Balaban J connectivity index is 1.40. The summed E-state index contributed by atoms with van der Waals surface area (Å²) in [5.41, 5.74) is 6.92. The van der Waals surface area contributed by atoms with E-state index in [1.165, 1.54) is 0 Å². The molecular formula is C37H26N2O2. The van der Waals surface area contributed by atoms with Crippen LogP contribution in [0.15, 0.2) is 167 Å². The standard InChI is InChI=1S/C37H26N2O2/c40-37-33-23-21-31(38(27-13-5-1-6-14-27)28-15-7-2-8-16-28)25-35(33)41-36-26-32(22-24-34(36)37)39(29-17-9-3-10-18-29)30-19-11-4-12-20-30/h1-26H. The van der Waals surface area contributed by atoms with Gasteiger partial charge in [0.05, 0.1) is 10.8 Å². The fourth-order valence-electron chi connectivity index (χ4n) is 5.31. The molecule has 0 saturated carbocycles. The van der Waals surface area contributed by atoms with E-state index in [0.29, 0.717) is 21.9 Å². The minimum Gasteiger partial charge on any atom is -0.456 e. The lowest BCUT2D eigenvalue weighted by molar-refractivity contribution is 0.660. The Morgan fingerprint density at radius 2 is 0.683 bits per heavy atom. The molecule has 7 aromatic rings. The molecule has 196 valence electrons. The molecule has 0 saturated heterocycles. The largest absolute Gasteiger partial charge is 0.456 e. The van der Waals surface area contributed by atoms with Gasteiger partial charge in [0, 0.05) is 46.3 Å². The third-order valence-electron chi connectivity index (χ3n) is 7.21. The first-order chi connectivity index (χ1) is 20.3. The molecule has 41 heavy (non-hydrogen) atoms. The van der Waals surface area contributed by atoms with Crippen molar-refractivity contribution in [2.45, 2.75) is 0 Å². The van der Waals surface area contributed by atoms with E-state index in [1.807, 2.05) is 109 Å².